The average molecular weight is 308 g/mol. The van der Waals surface area contributed by atoms with Crippen molar-refractivity contribution in [2.75, 3.05) is 13.1 Å². The van der Waals surface area contributed by atoms with E-state index in [1.54, 1.807) is 23.1 Å². The van der Waals surface area contributed by atoms with Gasteiger partial charge in [0, 0.05) is 25.6 Å². The van der Waals surface area contributed by atoms with Crippen LogP contribution in [0, 0.1) is 5.82 Å². The first-order valence-corrected chi connectivity index (χ1v) is 7.44. The van der Waals surface area contributed by atoms with Crippen LogP contribution in [0.15, 0.2) is 30.3 Å². The molecule has 1 aromatic rings. The zero-order valence-corrected chi connectivity index (χ0v) is 13.0. The molecule has 0 aliphatic rings. The van der Waals surface area contributed by atoms with Crippen molar-refractivity contribution >= 4 is 29.2 Å². The van der Waals surface area contributed by atoms with Gasteiger partial charge in [-0.1, -0.05) is 37.7 Å². The summed E-state index contributed by atoms with van der Waals surface area (Å²) in [6.45, 7) is 3.29. The van der Waals surface area contributed by atoms with E-state index in [1.807, 2.05) is 0 Å². The quantitative estimate of drug-likeness (QED) is 0.593. The van der Waals surface area contributed by atoms with Crippen LogP contribution in [0.4, 0.5) is 4.39 Å². The molecule has 0 saturated carbocycles. The van der Waals surface area contributed by atoms with Crippen molar-refractivity contribution in [3.8, 4) is 0 Å². The number of carbonyl (C=O) groups is 1. The van der Waals surface area contributed by atoms with Crippen molar-refractivity contribution in [1.29, 1.82) is 0 Å². The largest absolute Gasteiger partial charge is 0.393 e. The van der Waals surface area contributed by atoms with E-state index in [9.17, 15) is 9.18 Å². The molecule has 0 bridgehead atoms. The van der Waals surface area contributed by atoms with Crippen LogP contribution in [0.5, 0.6) is 0 Å². The lowest BCUT2D eigenvalue weighted by Crippen LogP contribution is -2.33. The number of hydrogen-bond acceptors (Lipinski definition) is 2. The Kier molecular flexibility index (Phi) is 7.61. The van der Waals surface area contributed by atoms with E-state index in [0.29, 0.717) is 24.5 Å². The van der Waals surface area contributed by atoms with E-state index >= 15 is 0 Å². The summed E-state index contributed by atoms with van der Waals surface area (Å²) in [5.41, 5.74) is 6.28. The highest BCUT2D eigenvalue weighted by Crippen LogP contribution is 2.06. The summed E-state index contributed by atoms with van der Waals surface area (Å²) in [5, 5.41) is 0. The van der Waals surface area contributed by atoms with Crippen LogP contribution in [-0.4, -0.2) is 28.9 Å². The number of nitrogens with two attached hydrogens (primary N) is 1. The van der Waals surface area contributed by atoms with Crippen LogP contribution in [0.3, 0.4) is 0 Å². The topological polar surface area (TPSA) is 46.3 Å². The summed E-state index contributed by atoms with van der Waals surface area (Å²) in [6.07, 6.45) is 5.66. The predicted octanol–water partition coefficient (Wildman–Crippen LogP) is 3.14. The van der Waals surface area contributed by atoms with Gasteiger partial charge in [-0.05, 0) is 30.2 Å². The molecule has 2 N–H and O–H groups in total. The van der Waals surface area contributed by atoms with Gasteiger partial charge in [-0.3, -0.25) is 4.79 Å². The first-order chi connectivity index (χ1) is 10.0. The molecular weight excluding hydrogens is 287 g/mol. The Labute approximate surface area is 130 Å². The number of benzene rings is 1. The standard InChI is InChI=1S/C16H21FN2OS/c1-2-3-11-19(12-10-15(18)21)16(20)9-6-13-4-7-14(17)8-5-13/h4-9H,2-3,10-12H2,1H3,(H2,18,21)/b9-6+. The van der Waals surface area contributed by atoms with Crippen LogP contribution in [0.25, 0.3) is 6.08 Å². The van der Waals surface area contributed by atoms with Gasteiger partial charge in [-0.25, -0.2) is 4.39 Å². The van der Waals surface area contributed by atoms with Crippen LogP contribution >= 0.6 is 12.2 Å². The van der Waals surface area contributed by atoms with Gasteiger partial charge in [0.15, 0.2) is 0 Å². The first kappa shape index (κ1) is 17.3. The summed E-state index contributed by atoms with van der Waals surface area (Å²) in [7, 11) is 0. The zero-order valence-electron chi connectivity index (χ0n) is 12.2. The SMILES string of the molecule is CCCCN(CCC(N)=S)C(=O)/C=C/c1ccc(F)cc1. The number of unbranched alkanes of at least 4 members (excludes halogenated alkanes) is 1. The van der Waals surface area contributed by atoms with E-state index < -0.39 is 0 Å². The Bertz CT molecular complexity index is 500. The number of halogens is 1. The number of amides is 1. The fraction of sp³-hybridized carbons (Fsp3) is 0.375. The Morgan fingerprint density at radius 1 is 1.33 bits per heavy atom. The Morgan fingerprint density at radius 3 is 2.57 bits per heavy atom. The number of nitrogens with zero attached hydrogens (tertiary/aromatic N) is 1. The molecule has 0 aliphatic carbocycles. The third kappa shape index (κ3) is 6.99. The maximum absolute atomic E-state index is 12.8. The summed E-state index contributed by atoms with van der Waals surface area (Å²) in [5.74, 6) is -0.372. The van der Waals surface area contributed by atoms with Crippen molar-refractivity contribution in [1.82, 2.24) is 4.90 Å². The van der Waals surface area contributed by atoms with Crippen molar-refractivity contribution in [3.63, 3.8) is 0 Å². The molecule has 0 unspecified atom stereocenters. The fourth-order valence-corrected chi connectivity index (χ4v) is 1.86. The highest BCUT2D eigenvalue weighted by atomic mass is 32.1. The highest BCUT2D eigenvalue weighted by Gasteiger charge is 2.10. The second-order valence-electron chi connectivity index (χ2n) is 4.78. The van der Waals surface area contributed by atoms with Crippen molar-refractivity contribution in [2.45, 2.75) is 26.2 Å². The summed E-state index contributed by atoms with van der Waals surface area (Å²) in [4.78, 5) is 14.3. The molecule has 0 heterocycles. The second-order valence-corrected chi connectivity index (χ2v) is 5.30. The third-order valence-electron chi connectivity index (χ3n) is 3.01. The van der Waals surface area contributed by atoms with Crippen molar-refractivity contribution in [2.24, 2.45) is 5.73 Å². The minimum atomic E-state index is -0.292. The maximum atomic E-state index is 12.8. The summed E-state index contributed by atoms with van der Waals surface area (Å²) in [6, 6.07) is 5.99. The molecule has 1 amide bonds. The van der Waals surface area contributed by atoms with Gasteiger partial charge in [0.05, 0.1) is 4.99 Å². The minimum absolute atomic E-state index is 0.0796. The van der Waals surface area contributed by atoms with Gasteiger partial charge in [0.1, 0.15) is 5.82 Å². The normalized spacial score (nSPS) is 10.8. The average Bonchev–Trinajstić information content (AvgIpc) is 2.46. The van der Waals surface area contributed by atoms with Crippen LogP contribution in [-0.2, 0) is 4.79 Å². The smallest absolute Gasteiger partial charge is 0.246 e. The lowest BCUT2D eigenvalue weighted by atomic mass is 10.2. The monoisotopic (exact) mass is 308 g/mol. The molecule has 0 aliphatic heterocycles. The molecule has 1 aromatic carbocycles. The van der Waals surface area contributed by atoms with E-state index in [1.165, 1.54) is 18.2 Å². The molecule has 0 fully saturated rings. The maximum Gasteiger partial charge on any atom is 0.246 e. The number of carbonyl (C=O) groups excluding carboxylic acids is 1. The molecule has 3 nitrogen and oxygen atoms in total. The van der Waals surface area contributed by atoms with Crippen LogP contribution < -0.4 is 5.73 Å². The van der Waals surface area contributed by atoms with E-state index in [0.717, 1.165) is 18.4 Å². The van der Waals surface area contributed by atoms with Gasteiger partial charge in [-0.15, -0.1) is 0 Å². The molecule has 0 radical (unpaired) electrons. The van der Waals surface area contributed by atoms with Gasteiger partial charge >= 0.3 is 0 Å². The van der Waals surface area contributed by atoms with Gasteiger partial charge < -0.3 is 10.6 Å². The first-order valence-electron chi connectivity index (χ1n) is 7.03. The Balaban J connectivity index is 2.65. The lowest BCUT2D eigenvalue weighted by Gasteiger charge is -2.20. The van der Waals surface area contributed by atoms with E-state index in [2.05, 4.69) is 6.92 Å². The highest BCUT2D eigenvalue weighted by molar-refractivity contribution is 7.80. The molecule has 0 atom stereocenters. The summed E-state index contributed by atoms with van der Waals surface area (Å²) >= 11 is 4.85. The van der Waals surface area contributed by atoms with E-state index in [-0.39, 0.29) is 11.7 Å². The molecule has 0 spiro atoms. The number of rotatable bonds is 8. The summed E-state index contributed by atoms with van der Waals surface area (Å²) < 4.78 is 12.8. The predicted molar refractivity (Wildman–Crippen MR) is 88.3 cm³/mol. The second kappa shape index (κ2) is 9.23. The third-order valence-corrected chi connectivity index (χ3v) is 3.21. The zero-order chi connectivity index (χ0) is 15.7. The van der Waals surface area contributed by atoms with Gasteiger partial charge in [0.2, 0.25) is 5.91 Å². The van der Waals surface area contributed by atoms with Gasteiger partial charge in [0.25, 0.3) is 0 Å². The fourth-order valence-electron chi connectivity index (χ4n) is 1.77. The van der Waals surface area contributed by atoms with Crippen molar-refractivity contribution < 1.29 is 9.18 Å². The number of thiocarbonyl (C=S) groups is 1. The molecule has 21 heavy (non-hydrogen) atoms. The molecular formula is C16H21FN2OS. The lowest BCUT2D eigenvalue weighted by molar-refractivity contribution is -0.125. The Hall–Kier alpha value is -1.75. The molecule has 0 saturated heterocycles. The Morgan fingerprint density at radius 2 is 2.00 bits per heavy atom. The van der Waals surface area contributed by atoms with Gasteiger partial charge in [-0.2, -0.15) is 0 Å². The number of hydrogen-bond donors (Lipinski definition) is 1. The van der Waals surface area contributed by atoms with E-state index in [4.69, 9.17) is 18.0 Å². The molecule has 1 rings (SSSR count). The molecule has 114 valence electrons. The molecule has 5 heteroatoms. The molecule has 0 aromatic heterocycles. The minimum Gasteiger partial charge on any atom is -0.393 e. The van der Waals surface area contributed by atoms with Crippen molar-refractivity contribution in [3.05, 3.63) is 41.7 Å². The van der Waals surface area contributed by atoms with Crippen LogP contribution in [0.1, 0.15) is 31.7 Å². The van der Waals surface area contributed by atoms with Crippen LogP contribution in [0.2, 0.25) is 0 Å².